The van der Waals surface area contributed by atoms with Gasteiger partial charge in [0.05, 0.1) is 5.69 Å². The largest absolute Gasteiger partial charge is 0.508 e. The molecule has 0 saturated carbocycles. The summed E-state index contributed by atoms with van der Waals surface area (Å²) in [7, 11) is 0. The minimum Gasteiger partial charge on any atom is -0.508 e. The summed E-state index contributed by atoms with van der Waals surface area (Å²) in [5, 5.41) is 11.9. The molecule has 0 fully saturated rings. The maximum Gasteiger partial charge on any atom is 0.255 e. The number of phenolic OH excluding ortho intramolecular Hbond substituents is 1. The van der Waals surface area contributed by atoms with Crippen LogP contribution in [0.1, 0.15) is 10.4 Å². The fourth-order valence-corrected chi connectivity index (χ4v) is 1.59. The van der Waals surface area contributed by atoms with E-state index in [0.717, 1.165) is 6.07 Å². The number of anilines is 1. The second-order valence-electron chi connectivity index (χ2n) is 3.63. The van der Waals surface area contributed by atoms with Crippen LogP contribution < -0.4 is 5.32 Å². The van der Waals surface area contributed by atoms with Gasteiger partial charge < -0.3 is 10.4 Å². The lowest BCUT2D eigenvalue weighted by atomic mass is 10.2. The summed E-state index contributed by atoms with van der Waals surface area (Å²) in [6.45, 7) is 0. The standard InChI is InChI=1S/C13H9ClFNO2/c14-9-4-5-12(11(15)7-9)16-13(18)8-2-1-3-10(17)6-8/h1-7,17H,(H,16,18). The second-order valence-corrected chi connectivity index (χ2v) is 4.07. The smallest absolute Gasteiger partial charge is 0.255 e. The molecule has 2 aromatic rings. The number of phenols is 1. The van der Waals surface area contributed by atoms with Crippen LogP contribution in [0.25, 0.3) is 0 Å². The number of rotatable bonds is 2. The lowest BCUT2D eigenvalue weighted by Crippen LogP contribution is -2.12. The van der Waals surface area contributed by atoms with Gasteiger partial charge in [-0.1, -0.05) is 17.7 Å². The van der Waals surface area contributed by atoms with Crippen LogP contribution in [0.3, 0.4) is 0 Å². The van der Waals surface area contributed by atoms with Crippen molar-refractivity contribution in [3.63, 3.8) is 0 Å². The Kier molecular flexibility index (Phi) is 3.48. The van der Waals surface area contributed by atoms with Crippen LogP contribution in [-0.4, -0.2) is 11.0 Å². The lowest BCUT2D eigenvalue weighted by molar-refractivity contribution is 0.102. The molecule has 0 radical (unpaired) electrons. The number of aromatic hydroxyl groups is 1. The average molecular weight is 266 g/mol. The Morgan fingerprint density at radius 2 is 2.00 bits per heavy atom. The molecule has 0 heterocycles. The van der Waals surface area contributed by atoms with E-state index in [0.29, 0.717) is 0 Å². The van der Waals surface area contributed by atoms with E-state index >= 15 is 0 Å². The predicted molar refractivity (Wildman–Crippen MR) is 67.5 cm³/mol. The average Bonchev–Trinajstić information content (AvgIpc) is 2.32. The Labute approximate surface area is 108 Å². The van der Waals surface area contributed by atoms with Crippen molar-refractivity contribution in [1.29, 1.82) is 0 Å². The molecule has 0 aliphatic heterocycles. The van der Waals surface area contributed by atoms with E-state index in [4.69, 9.17) is 11.6 Å². The van der Waals surface area contributed by atoms with Crippen molar-refractivity contribution in [1.82, 2.24) is 0 Å². The maximum absolute atomic E-state index is 13.5. The molecule has 1 amide bonds. The molecule has 3 nitrogen and oxygen atoms in total. The molecule has 0 spiro atoms. The molecular weight excluding hydrogens is 257 g/mol. The van der Waals surface area contributed by atoms with Crippen LogP contribution in [0.2, 0.25) is 5.02 Å². The summed E-state index contributed by atoms with van der Waals surface area (Å²) < 4.78 is 13.5. The third-order valence-electron chi connectivity index (χ3n) is 2.29. The third kappa shape index (κ3) is 2.78. The van der Waals surface area contributed by atoms with Gasteiger partial charge in [-0.2, -0.15) is 0 Å². The van der Waals surface area contributed by atoms with Gasteiger partial charge in [0.25, 0.3) is 5.91 Å². The quantitative estimate of drug-likeness (QED) is 0.874. The normalized spacial score (nSPS) is 10.1. The van der Waals surface area contributed by atoms with Gasteiger partial charge in [-0.25, -0.2) is 4.39 Å². The van der Waals surface area contributed by atoms with E-state index in [1.54, 1.807) is 0 Å². The van der Waals surface area contributed by atoms with Gasteiger partial charge in [-0.3, -0.25) is 4.79 Å². The van der Waals surface area contributed by atoms with Gasteiger partial charge in [0.1, 0.15) is 11.6 Å². The monoisotopic (exact) mass is 265 g/mol. The highest BCUT2D eigenvalue weighted by atomic mass is 35.5. The maximum atomic E-state index is 13.5. The van der Waals surface area contributed by atoms with E-state index in [-0.39, 0.29) is 22.0 Å². The lowest BCUT2D eigenvalue weighted by Gasteiger charge is -2.06. The summed E-state index contributed by atoms with van der Waals surface area (Å²) in [4.78, 5) is 11.8. The van der Waals surface area contributed by atoms with E-state index in [9.17, 15) is 14.3 Å². The van der Waals surface area contributed by atoms with Gasteiger partial charge in [0.15, 0.2) is 0 Å². The Hall–Kier alpha value is -2.07. The van der Waals surface area contributed by atoms with Gasteiger partial charge in [-0.05, 0) is 36.4 Å². The van der Waals surface area contributed by atoms with Crippen LogP contribution in [0.15, 0.2) is 42.5 Å². The number of carbonyl (C=O) groups is 1. The van der Waals surface area contributed by atoms with Crippen LogP contribution in [-0.2, 0) is 0 Å². The Morgan fingerprint density at radius 3 is 2.67 bits per heavy atom. The van der Waals surface area contributed by atoms with Crippen LogP contribution in [0, 0.1) is 5.82 Å². The van der Waals surface area contributed by atoms with Crippen molar-refractivity contribution < 1.29 is 14.3 Å². The number of halogens is 2. The first-order chi connectivity index (χ1) is 8.56. The molecule has 0 bridgehead atoms. The molecule has 92 valence electrons. The van der Waals surface area contributed by atoms with Crippen LogP contribution in [0.4, 0.5) is 10.1 Å². The number of amides is 1. The van der Waals surface area contributed by atoms with Crippen molar-refractivity contribution in [2.45, 2.75) is 0 Å². The Bertz CT molecular complexity index is 601. The van der Waals surface area contributed by atoms with Crippen molar-refractivity contribution >= 4 is 23.2 Å². The van der Waals surface area contributed by atoms with Gasteiger partial charge in [-0.15, -0.1) is 0 Å². The summed E-state index contributed by atoms with van der Waals surface area (Å²) in [6.07, 6.45) is 0. The zero-order chi connectivity index (χ0) is 13.1. The zero-order valence-electron chi connectivity index (χ0n) is 9.15. The van der Waals surface area contributed by atoms with Gasteiger partial charge in [0.2, 0.25) is 0 Å². The van der Waals surface area contributed by atoms with Crippen molar-refractivity contribution in [3.05, 3.63) is 58.9 Å². The van der Waals surface area contributed by atoms with E-state index in [1.807, 2.05) is 0 Å². The molecule has 0 aliphatic carbocycles. The van der Waals surface area contributed by atoms with Gasteiger partial charge in [0, 0.05) is 10.6 Å². The molecule has 2 aromatic carbocycles. The van der Waals surface area contributed by atoms with Crippen molar-refractivity contribution in [2.75, 3.05) is 5.32 Å². The third-order valence-corrected chi connectivity index (χ3v) is 2.52. The molecule has 0 saturated heterocycles. The van der Waals surface area contributed by atoms with E-state index in [2.05, 4.69) is 5.32 Å². The molecule has 2 N–H and O–H groups in total. The van der Waals surface area contributed by atoms with Gasteiger partial charge >= 0.3 is 0 Å². The Morgan fingerprint density at radius 1 is 1.22 bits per heavy atom. The second kappa shape index (κ2) is 5.06. The minimum atomic E-state index is -0.615. The number of nitrogens with one attached hydrogen (secondary N) is 1. The number of carbonyl (C=O) groups excluding carboxylic acids is 1. The Balaban J connectivity index is 2.21. The summed E-state index contributed by atoms with van der Waals surface area (Å²) in [6, 6.07) is 9.74. The van der Waals surface area contributed by atoms with E-state index < -0.39 is 11.7 Å². The number of benzene rings is 2. The first-order valence-electron chi connectivity index (χ1n) is 5.12. The highest BCUT2D eigenvalue weighted by Crippen LogP contribution is 2.20. The van der Waals surface area contributed by atoms with E-state index in [1.165, 1.54) is 36.4 Å². The first kappa shape index (κ1) is 12.4. The molecule has 0 aromatic heterocycles. The summed E-state index contributed by atoms with van der Waals surface area (Å²) in [5.41, 5.74) is 0.275. The highest BCUT2D eigenvalue weighted by molar-refractivity contribution is 6.30. The number of hydrogen-bond acceptors (Lipinski definition) is 2. The molecule has 0 unspecified atom stereocenters. The minimum absolute atomic E-state index is 0.0285. The topological polar surface area (TPSA) is 49.3 Å². The SMILES string of the molecule is O=C(Nc1ccc(Cl)cc1F)c1cccc(O)c1. The fraction of sp³-hybridized carbons (Fsp3) is 0. The molecule has 5 heteroatoms. The number of hydrogen-bond donors (Lipinski definition) is 2. The fourth-order valence-electron chi connectivity index (χ4n) is 1.43. The molecule has 0 atom stereocenters. The predicted octanol–water partition coefficient (Wildman–Crippen LogP) is 3.44. The molecule has 18 heavy (non-hydrogen) atoms. The summed E-state index contributed by atoms with van der Waals surface area (Å²) >= 11 is 5.61. The van der Waals surface area contributed by atoms with Crippen LogP contribution in [0.5, 0.6) is 5.75 Å². The molecular formula is C13H9ClFNO2. The highest BCUT2D eigenvalue weighted by Gasteiger charge is 2.09. The van der Waals surface area contributed by atoms with Crippen LogP contribution >= 0.6 is 11.6 Å². The summed E-state index contributed by atoms with van der Waals surface area (Å²) in [5.74, 6) is -1.15. The first-order valence-corrected chi connectivity index (χ1v) is 5.49. The molecule has 2 rings (SSSR count). The van der Waals surface area contributed by atoms with Crippen molar-refractivity contribution in [3.8, 4) is 5.75 Å². The zero-order valence-corrected chi connectivity index (χ0v) is 9.91. The van der Waals surface area contributed by atoms with Crippen molar-refractivity contribution in [2.24, 2.45) is 0 Å². The molecule has 0 aliphatic rings.